The van der Waals surface area contributed by atoms with Crippen LogP contribution < -0.4 is 0 Å². The predicted octanol–water partition coefficient (Wildman–Crippen LogP) is 2.71. The van der Waals surface area contributed by atoms with E-state index in [1.165, 1.54) is 0 Å². The molecule has 0 atom stereocenters. The summed E-state index contributed by atoms with van der Waals surface area (Å²) in [5.41, 5.74) is -1.73. The van der Waals surface area contributed by atoms with E-state index in [1.54, 1.807) is 37.7 Å². The van der Waals surface area contributed by atoms with Gasteiger partial charge in [-0.05, 0) is 0 Å². The topological polar surface area (TPSA) is 40.5 Å². The Kier molecular flexibility index (Phi) is 6.34. The summed E-state index contributed by atoms with van der Waals surface area (Å²) >= 11 is 6.40. The minimum absolute atomic E-state index is 0.0938. The van der Waals surface area contributed by atoms with E-state index in [0.29, 0.717) is 0 Å². The van der Waals surface area contributed by atoms with Gasteiger partial charge in [0.05, 0.1) is 0 Å². The molecule has 0 spiro atoms. The molecule has 0 saturated carbocycles. The van der Waals surface area contributed by atoms with Crippen molar-refractivity contribution in [2.45, 2.75) is 38.9 Å². The van der Waals surface area contributed by atoms with Crippen molar-refractivity contribution < 1.29 is 10.2 Å². The summed E-state index contributed by atoms with van der Waals surface area (Å²) in [4.78, 5) is 3.46. The van der Waals surface area contributed by atoms with E-state index in [2.05, 4.69) is 31.9 Å². The van der Waals surface area contributed by atoms with E-state index in [1.807, 2.05) is 0 Å². The average molecular weight is 407 g/mol. The molecular formula is C10H16Br2O2Se. The van der Waals surface area contributed by atoms with Crippen LogP contribution in [0.5, 0.6) is 0 Å². The Labute approximate surface area is 114 Å². The third-order valence-electron chi connectivity index (χ3n) is 1.62. The Morgan fingerprint density at radius 1 is 0.933 bits per heavy atom. The predicted molar refractivity (Wildman–Crippen MR) is 72.4 cm³/mol. The second-order valence-electron chi connectivity index (χ2n) is 4.17. The van der Waals surface area contributed by atoms with Gasteiger partial charge in [0.25, 0.3) is 0 Å². The second kappa shape index (κ2) is 5.99. The molecule has 2 N–H and O–H groups in total. The molecule has 88 valence electrons. The van der Waals surface area contributed by atoms with E-state index < -0.39 is 11.2 Å². The van der Waals surface area contributed by atoms with Gasteiger partial charge in [-0.2, -0.15) is 0 Å². The van der Waals surface area contributed by atoms with Gasteiger partial charge < -0.3 is 0 Å². The first-order chi connectivity index (χ1) is 6.62. The van der Waals surface area contributed by atoms with Gasteiger partial charge in [-0.3, -0.25) is 0 Å². The Morgan fingerprint density at radius 2 is 1.20 bits per heavy atom. The summed E-state index contributed by atoms with van der Waals surface area (Å²) in [6.45, 7) is 6.94. The van der Waals surface area contributed by atoms with Gasteiger partial charge >= 0.3 is 115 Å². The molecule has 0 aliphatic heterocycles. The molecule has 0 heterocycles. The van der Waals surface area contributed by atoms with Crippen LogP contribution in [0.2, 0.25) is 0 Å². The molecule has 15 heavy (non-hydrogen) atoms. The Morgan fingerprint density at radius 3 is 1.33 bits per heavy atom. The third kappa shape index (κ3) is 5.66. The summed E-state index contributed by atoms with van der Waals surface area (Å²) in [6, 6.07) is 0. The van der Waals surface area contributed by atoms with E-state index >= 15 is 0 Å². The number of aliphatic hydroxyl groups is 2. The molecule has 5 heteroatoms. The number of hydrogen-bond acceptors (Lipinski definition) is 2. The maximum atomic E-state index is 9.88. The summed E-state index contributed by atoms with van der Waals surface area (Å²) in [7, 11) is 0. The van der Waals surface area contributed by atoms with Crippen LogP contribution in [-0.2, 0) is 0 Å². The Hall–Kier alpha value is 0.879. The van der Waals surface area contributed by atoms with E-state index in [4.69, 9.17) is 0 Å². The van der Waals surface area contributed by atoms with Crippen molar-refractivity contribution in [1.29, 1.82) is 0 Å². The van der Waals surface area contributed by atoms with Crippen molar-refractivity contribution in [2.24, 2.45) is 0 Å². The molecule has 0 rings (SSSR count). The molecule has 0 bridgehead atoms. The third-order valence-corrected chi connectivity index (χ3v) is 7.42. The van der Waals surface area contributed by atoms with Crippen LogP contribution in [0.15, 0.2) is 18.9 Å². The SMILES string of the molecule is CC(C)(O)/C(=C/Br)[Se]/C(=C\Br)C(C)(C)O. The van der Waals surface area contributed by atoms with Crippen LogP contribution in [0, 0.1) is 0 Å². The fourth-order valence-corrected chi connectivity index (χ4v) is 4.50. The van der Waals surface area contributed by atoms with E-state index in [-0.39, 0.29) is 15.0 Å². The zero-order chi connectivity index (χ0) is 12.3. The van der Waals surface area contributed by atoms with Crippen LogP contribution in [0.3, 0.4) is 0 Å². The van der Waals surface area contributed by atoms with E-state index in [9.17, 15) is 10.2 Å². The standard InChI is InChI=1S/C10H16Br2O2Se/c1-9(2,13)7(5-11)15-8(6-12)10(3,4)14/h5-6,13-14H,1-4H3/b7-5-,8-6-. The molecule has 2 nitrogen and oxygen atoms in total. The molecule has 0 aliphatic carbocycles. The van der Waals surface area contributed by atoms with Gasteiger partial charge in [-0.25, -0.2) is 0 Å². The first-order valence-corrected chi connectivity index (χ1v) is 7.91. The van der Waals surface area contributed by atoms with E-state index in [0.717, 1.165) is 8.94 Å². The molecule has 0 unspecified atom stereocenters. The Bertz CT molecular complexity index is 244. The number of halogens is 2. The van der Waals surface area contributed by atoms with Crippen LogP contribution >= 0.6 is 31.9 Å². The summed E-state index contributed by atoms with van der Waals surface area (Å²) in [5.74, 6) is 0. The summed E-state index contributed by atoms with van der Waals surface area (Å²) < 4.78 is 1.76. The first kappa shape index (κ1) is 15.9. The zero-order valence-corrected chi connectivity index (χ0v) is 14.1. The molecule has 0 aromatic rings. The molecule has 0 aromatic carbocycles. The zero-order valence-electron chi connectivity index (χ0n) is 9.21. The van der Waals surface area contributed by atoms with Gasteiger partial charge in [-0.15, -0.1) is 0 Å². The van der Waals surface area contributed by atoms with Gasteiger partial charge in [-0.1, -0.05) is 0 Å². The molecule has 0 fully saturated rings. The van der Waals surface area contributed by atoms with Crippen LogP contribution in [-0.4, -0.2) is 36.4 Å². The van der Waals surface area contributed by atoms with Gasteiger partial charge in [0.1, 0.15) is 0 Å². The van der Waals surface area contributed by atoms with Crippen molar-refractivity contribution in [3.05, 3.63) is 18.9 Å². The number of rotatable bonds is 4. The van der Waals surface area contributed by atoms with Crippen molar-refractivity contribution in [1.82, 2.24) is 0 Å². The quantitative estimate of drug-likeness (QED) is 0.705. The maximum absolute atomic E-state index is 9.88. The molecule has 0 aromatic heterocycles. The van der Waals surface area contributed by atoms with Gasteiger partial charge in [0.15, 0.2) is 0 Å². The van der Waals surface area contributed by atoms with Gasteiger partial charge in [0.2, 0.25) is 0 Å². The summed E-state index contributed by atoms with van der Waals surface area (Å²) in [5, 5.41) is 19.8. The molecular weight excluding hydrogens is 391 g/mol. The fraction of sp³-hybridized carbons (Fsp3) is 0.600. The van der Waals surface area contributed by atoms with Crippen molar-refractivity contribution >= 4 is 46.8 Å². The van der Waals surface area contributed by atoms with Gasteiger partial charge in [0, 0.05) is 0 Å². The fourth-order valence-electron chi connectivity index (χ4n) is 0.680. The summed E-state index contributed by atoms with van der Waals surface area (Å²) in [6.07, 6.45) is 0. The van der Waals surface area contributed by atoms with Crippen LogP contribution in [0.25, 0.3) is 0 Å². The molecule has 0 saturated heterocycles. The number of hydrogen-bond donors (Lipinski definition) is 2. The molecule has 0 aliphatic rings. The van der Waals surface area contributed by atoms with Crippen LogP contribution in [0.1, 0.15) is 27.7 Å². The average Bonchev–Trinajstić information content (AvgIpc) is 2.01. The normalized spacial score (nSPS) is 15.7. The molecule has 0 radical (unpaired) electrons. The Balaban J connectivity index is 4.87. The van der Waals surface area contributed by atoms with Crippen molar-refractivity contribution in [2.75, 3.05) is 0 Å². The van der Waals surface area contributed by atoms with Crippen molar-refractivity contribution in [3.8, 4) is 0 Å². The molecule has 0 amide bonds. The minimum atomic E-state index is -0.865. The van der Waals surface area contributed by atoms with Crippen LogP contribution in [0.4, 0.5) is 0 Å². The second-order valence-corrected chi connectivity index (χ2v) is 7.36. The van der Waals surface area contributed by atoms with Crippen molar-refractivity contribution in [3.63, 3.8) is 0 Å². The monoisotopic (exact) mass is 406 g/mol. The first-order valence-electron chi connectivity index (χ1n) is 4.37.